The minimum atomic E-state index is -3.49. The highest BCUT2D eigenvalue weighted by atomic mass is 32.2. The van der Waals surface area contributed by atoms with E-state index < -0.39 is 10.0 Å². The molecule has 2 aromatic heterocycles. The Bertz CT molecular complexity index is 832. The number of H-pyrrole nitrogens is 1. The van der Waals surface area contributed by atoms with E-state index in [-0.39, 0.29) is 43.3 Å². The quantitative estimate of drug-likeness (QED) is 0.834. The van der Waals surface area contributed by atoms with Gasteiger partial charge in [-0.25, -0.2) is 13.5 Å². The second-order valence-electron chi connectivity index (χ2n) is 4.93. The Morgan fingerprint density at radius 1 is 1.17 bits per heavy atom. The highest BCUT2D eigenvalue weighted by Gasteiger charge is 2.31. The van der Waals surface area contributed by atoms with E-state index in [4.69, 9.17) is 0 Å². The van der Waals surface area contributed by atoms with Crippen LogP contribution >= 0.6 is 11.3 Å². The smallest absolute Gasteiger partial charge is 0.274 e. The molecule has 0 bridgehead atoms. The Balaban J connectivity index is 1.68. The number of aromatic amines is 1. The van der Waals surface area contributed by atoms with Gasteiger partial charge in [-0.2, -0.15) is 9.40 Å². The van der Waals surface area contributed by atoms with Crippen LogP contribution in [-0.2, 0) is 10.0 Å². The molecule has 0 aliphatic carbocycles. The normalized spacial score (nSPS) is 16.4. The molecule has 122 valence electrons. The maximum absolute atomic E-state index is 12.4. The van der Waals surface area contributed by atoms with Crippen LogP contribution in [-0.4, -0.2) is 59.9 Å². The first kappa shape index (κ1) is 15.8. The van der Waals surface area contributed by atoms with Crippen LogP contribution in [0.15, 0.2) is 38.6 Å². The first-order valence-electron chi connectivity index (χ1n) is 6.87. The van der Waals surface area contributed by atoms with Crippen LogP contribution in [0.1, 0.15) is 10.5 Å². The van der Waals surface area contributed by atoms with Crippen molar-refractivity contribution in [3.8, 4) is 0 Å². The van der Waals surface area contributed by atoms with Crippen LogP contribution in [0.2, 0.25) is 0 Å². The predicted octanol–water partition coefficient (Wildman–Crippen LogP) is -0.0219. The molecule has 1 saturated heterocycles. The summed E-state index contributed by atoms with van der Waals surface area (Å²) in [6.45, 7) is 1.03. The molecule has 23 heavy (non-hydrogen) atoms. The summed E-state index contributed by atoms with van der Waals surface area (Å²) in [5.74, 6) is -0.325. The third-order valence-corrected chi connectivity index (χ3v) is 6.79. The SMILES string of the molecule is O=C(c1ccc(=O)[nH]n1)N1CCN(S(=O)(=O)c2cccs2)CC1. The number of hydrogen-bond donors (Lipinski definition) is 1. The highest BCUT2D eigenvalue weighted by molar-refractivity contribution is 7.91. The van der Waals surface area contributed by atoms with Gasteiger partial charge in [0.15, 0.2) is 0 Å². The molecule has 0 spiro atoms. The first-order chi connectivity index (χ1) is 11.0. The van der Waals surface area contributed by atoms with E-state index in [1.165, 1.54) is 32.7 Å². The molecule has 0 saturated carbocycles. The number of aromatic nitrogens is 2. The summed E-state index contributed by atoms with van der Waals surface area (Å²) >= 11 is 1.17. The van der Waals surface area contributed by atoms with Crippen molar-refractivity contribution in [3.63, 3.8) is 0 Å². The van der Waals surface area contributed by atoms with E-state index in [0.717, 1.165) is 0 Å². The van der Waals surface area contributed by atoms with E-state index in [1.807, 2.05) is 0 Å². The number of hydrogen-bond acceptors (Lipinski definition) is 6. The zero-order valence-corrected chi connectivity index (χ0v) is 13.6. The topological polar surface area (TPSA) is 103 Å². The van der Waals surface area contributed by atoms with Gasteiger partial charge >= 0.3 is 0 Å². The number of rotatable bonds is 3. The molecular weight excluding hydrogens is 340 g/mol. The Kier molecular flexibility index (Phi) is 4.28. The van der Waals surface area contributed by atoms with Gasteiger partial charge in [-0.3, -0.25) is 9.59 Å². The number of sulfonamides is 1. The fraction of sp³-hybridized carbons (Fsp3) is 0.308. The average Bonchev–Trinajstić information content (AvgIpc) is 3.10. The number of carbonyl (C=O) groups is 1. The lowest BCUT2D eigenvalue weighted by Gasteiger charge is -2.33. The van der Waals surface area contributed by atoms with Gasteiger partial charge in [0.2, 0.25) is 0 Å². The van der Waals surface area contributed by atoms with Crippen molar-refractivity contribution in [1.82, 2.24) is 19.4 Å². The number of nitrogens with one attached hydrogen (secondary N) is 1. The van der Waals surface area contributed by atoms with Gasteiger partial charge in [0, 0.05) is 32.2 Å². The Morgan fingerprint density at radius 3 is 2.48 bits per heavy atom. The summed E-state index contributed by atoms with van der Waals surface area (Å²) in [6, 6.07) is 5.86. The fourth-order valence-electron chi connectivity index (χ4n) is 2.29. The Hall–Kier alpha value is -2.04. The molecule has 0 atom stereocenters. The van der Waals surface area contributed by atoms with E-state index in [9.17, 15) is 18.0 Å². The van der Waals surface area contributed by atoms with Gasteiger partial charge < -0.3 is 4.90 Å². The number of piperazine rings is 1. The lowest BCUT2D eigenvalue weighted by Crippen LogP contribution is -2.50. The van der Waals surface area contributed by atoms with Crippen LogP contribution in [0.4, 0.5) is 0 Å². The van der Waals surface area contributed by atoms with Crippen molar-refractivity contribution < 1.29 is 13.2 Å². The van der Waals surface area contributed by atoms with E-state index in [2.05, 4.69) is 10.2 Å². The maximum atomic E-state index is 12.4. The minimum Gasteiger partial charge on any atom is -0.335 e. The molecule has 0 radical (unpaired) electrons. The predicted molar refractivity (Wildman–Crippen MR) is 83.8 cm³/mol. The molecule has 0 aromatic carbocycles. The van der Waals surface area contributed by atoms with Crippen LogP contribution in [0.25, 0.3) is 0 Å². The lowest BCUT2D eigenvalue weighted by molar-refractivity contribution is 0.0690. The zero-order chi connectivity index (χ0) is 16.4. The van der Waals surface area contributed by atoms with Crippen LogP contribution < -0.4 is 5.56 Å². The van der Waals surface area contributed by atoms with Crippen molar-refractivity contribution in [2.24, 2.45) is 0 Å². The number of carbonyl (C=O) groups excluding carboxylic acids is 1. The average molecular weight is 354 g/mol. The molecule has 10 heteroatoms. The van der Waals surface area contributed by atoms with Gasteiger partial charge in [-0.1, -0.05) is 6.07 Å². The molecule has 1 N–H and O–H groups in total. The van der Waals surface area contributed by atoms with Crippen molar-refractivity contribution in [3.05, 3.63) is 45.7 Å². The molecule has 8 nitrogen and oxygen atoms in total. The molecule has 3 heterocycles. The molecule has 0 unspecified atom stereocenters. The number of thiophene rings is 1. The maximum Gasteiger partial charge on any atom is 0.274 e. The Morgan fingerprint density at radius 2 is 1.91 bits per heavy atom. The van der Waals surface area contributed by atoms with Crippen molar-refractivity contribution in [1.29, 1.82) is 0 Å². The molecule has 1 amide bonds. The van der Waals surface area contributed by atoms with Crippen LogP contribution in [0.3, 0.4) is 0 Å². The van der Waals surface area contributed by atoms with Gasteiger partial charge in [0.25, 0.3) is 21.5 Å². The summed E-state index contributed by atoms with van der Waals surface area (Å²) in [6.07, 6.45) is 0. The molecule has 1 fully saturated rings. The summed E-state index contributed by atoms with van der Waals surface area (Å²) in [4.78, 5) is 24.8. The molecule has 1 aliphatic rings. The number of amides is 1. The largest absolute Gasteiger partial charge is 0.335 e. The molecule has 1 aliphatic heterocycles. The molecule has 3 rings (SSSR count). The fourth-order valence-corrected chi connectivity index (χ4v) is 4.86. The third-order valence-electron chi connectivity index (χ3n) is 3.51. The summed E-state index contributed by atoms with van der Waals surface area (Å²) in [7, 11) is -3.49. The van der Waals surface area contributed by atoms with E-state index in [1.54, 1.807) is 17.5 Å². The second kappa shape index (κ2) is 6.22. The standard InChI is InChI=1S/C13H14N4O4S2/c18-11-4-3-10(14-15-11)13(19)16-5-7-17(8-6-16)23(20,21)12-2-1-9-22-12/h1-4,9H,5-8H2,(H,15,18). The van der Waals surface area contributed by atoms with Crippen LogP contribution in [0, 0.1) is 0 Å². The number of nitrogens with zero attached hydrogens (tertiary/aromatic N) is 3. The lowest BCUT2D eigenvalue weighted by atomic mass is 10.3. The van der Waals surface area contributed by atoms with Crippen LogP contribution in [0.5, 0.6) is 0 Å². The van der Waals surface area contributed by atoms with E-state index >= 15 is 0 Å². The zero-order valence-electron chi connectivity index (χ0n) is 12.0. The Labute approximate surface area is 136 Å². The second-order valence-corrected chi connectivity index (χ2v) is 8.05. The van der Waals surface area contributed by atoms with Gasteiger partial charge in [-0.15, -0.1) is 11.3 Å². The summed E-state index contributed by atoms with van der Waals surface area (Å²) < 4.78 is 26.5. The summed E-state index contributed by atoms with van der Waals surface area (Å²) in [5, 5.41) is 7.63. The summed E-state index contributed by atoms with van der Waals surface area (Å²) in [5.41, 5.74) is -0.243. The minimum absolute atomic E-state index is 0.138. The monoisotopic (exact) mass is 354 g/mol. The van der Waals surface area contributed by atoms with Gasteiger partial charge in [0.05, 0.1) is 0 Å². The van der Waals surface area contributed by atoms with Crippen molar-refractivity contribution in [2.75, 3.05) is 26.2 Å². The highest BCUT2D eigenvalue weighted by Crippen LogP contribution is 2.22. The third kappa shape index (κ3) is 3.19. The van der Waals surface area contributed by atoms with Crippen molar-refractivity contribution >= 4 is 27.3 Å². The van der Waals surface area contributed by atoms with Gasteiger partial charge in [-0.05, 0) is 17.5 Å². The van der Waals surface area contributed by atoms with E-state index in [0.29, 0.717) is 4.21 Å². The first-order valence-corrected chi connectivity index (χ1v) is 9.19. The molecular formula is C13H14N4O4S2. The van der Waals surface area contributed by atoms with Crippen molar-refractivity contribution in [2.45, 2.75) is 4.21 Å². The molecule has 2 aromatic rings. The van der Waals surface area contributed by atoms with Gasteiger partial charge in [0.1, 0.15) is 9.90 Å².